The van der Waals surface area contributed by atoms with Crippen molar-refractivity contribution < 1.29 is 80.5 Å². The number of aromatic nitrogens is 16. The highest BCUT2D eigenvalue weighted by molar-refractivity contribution is 6.32. The summed E-state index contributed by atoms with van der Waals surface area (Å²) in [5.74, 6) is -2.56. The molecule has 12 aromatic rings. The van der Waals surface area contributed by atoms with E-state index in [-0.39, 0.29) is 84.4 Å². The molecule has 12 N–H and O–H groups in total. The highest BCUT2D eigenvalue weighted by atomic mass is 35.5. The van der Waals surface area contributed by atoms with Crippen molar-refractivity contribution in [3.63, 3.8) is 0 Å². The Kier molecular flexibility index (Phi) is 24.4. The van der Waals surface area contributed by atoms with Crippen LogP contribution in [0.3, 0.4) is 0 Å². The molecule has 0 bridgehead atoms. The summed E-state index contributed by atoms with van der Waals surface area (Å²) in [6.45, 7) is 7.43. The third-order valence-electron chi connectivity index (χ3n) is 17.9. The quantitative estimate of drug-likeness (QED) is 0.0297. The van der Waals surface area contributed by atoms with Crippen LogP contribution < -0.4 is 42.5 Å². The Bertz CT molecular complexity index is 5570. The standard InChI is InChI=1S/C19H17ClF4N6O2.C19H21ClN6O.C18H19ClN6O.C17H15F5N6O.12H2/c20-10-5-11-12(7-26-14(11)25-6-10)15-27-8-13(21)16(29-15)30-18(1-3-32-4-2-18)17(31)28-9-19(22,23)24;1-10(2)16(19(27)24-12-3-4-12)25-15-5-6-21-18(26-15)14-9-23-17-13(14)7-11(20)8-22-17;1-18(2,17(26)23-11-3-4-11)25-14-5-6-20-16(24-14)13-9-22-15-12(13)7-10(19)8-21-15;1-16(2,15(29)26-7-17(20,21)22)28-14-11(19)6-25-13(27-14)10-5-24-12-9(10)3-8(18)4-23-12;;;;;;;;;;;;/h5-8H,1-4,9H2,(H,25,26)(H,28,31)(H,27,29,30);5-10,12,16H,3-4H2,1-2H3,(H,22,23)(H,24,27)(H,21,25,26);5-9,11H,3-4H2,1-2H3,(H,21,22)(H,23,26)(H,20,24,25);3-6H,7H2,1-2H3,(H,23,24)(H,26,29)(H,25,27,28);12*1H/t;16-;;;;;;;;;;;;;;/m.1............../s1. The van der Waals surface area contributed by atoms with E-state index in [9.17, 15) is 58.7 Å². The summed E-state index contributed by atoms with van der Waals surface area (Å²) in [6, 6.07) is 10.3. The Balaban J connectivity index is 0.00000161. The van der Waals surface area contributed by atoms with Crippen molar-refractivity contribution in [1.82, 2.24) is 101 Å². The van der Waals surface area contributed by atoms with Crippen LogP contribution in [0.4, 0.5) is 62.8 Å². The molecule has 1 atom stereocenters. The van der Waals surface area contributed by atoms with Crippen LogP contribution in [-0.2, 0) is 23.9 Å². The number of rotatable bonds is 21. The molecule has 0 unspecified atom stereocenters. The second-order valence-corrected chi connectivity index (χ2v) is 29.4. The molecule has 4 amide bonds. The van der Waals surface area contributed by atoms with Gasteiger partial charge in [-0.1, -0.05) is 48.7 Å². The van der Waals surface area contributed by atoms with Gasteiger partial charge in [-0.25, -0.2) is 73.0 Å². The molecule has 15 rings (SSSR count). The Morgan fingerprint density at radius 3 is 1.43 bits per heavy atom. The number of hydrogen-bond donors (Lipinski definition) is 12. The van der Waals surface area contributed by atoms with Crippen molar-refractivity contribution in [3.8, 4) is 45.6 Å². The first kappa shape index (κ1) is 81.8. The van der Waals surface area contributed by atoms with Gasteiger partial charge in [-0.05, 0) is 95.7 Å². The number of carbonyl (C=O) groups excluding carboxylic acids is 4. The minimum absolute atomic E-state index is 0. The van der Waals surface area contributed by atoms with Crippen molar-refractivity contribution >= 4 is 126 Å². The summed E-state index contributed by atoms with van der Waals surface area (Å²) < 4.78 is 122. The van der Waals surface area contributed by atoms with E-state index >= 15 is 0 Å². The predicted molar refractivity (Wildman–Crippen MR) is 433 cm³/mol. The number of ether oxygens (including phenoxy) is 1. The number of fused-ring (bicyclic) bond motifs is 4. The number of hydrogen-bond acceptors (Lipinski definition) is 21. The van der Waals surface area contributed by atoms with Crippen LogP contribution in [0, 0.1) is 23.4 Å². The van der Waals surface area contributed by atoms with Crippen molar-refractivity contribution in [2.24, 2.45) is 5.92 Å². The first-order chi connectivity index (χ1) is 54.1. The number of anilines is 4. The SMILES string of the molecule is CC(C)(Nc1ccnc(-c2c[nH]c3ncc(Cl)cc23)n1)C(=O)NC1CC1.CC(C)(Nc1nc(-c2c[nH]c3ncc(F)cc23)ncc1F)C(=O)NCC(F)(F)F.CC(C)[C@@H](Nc1ccnc(-c2c[nH]c3ncc(Cl)cc23)n1)C(=O)NC1CC1.O=C(NCC(F)(F)F)C1(Nc2nc(-c3c[nH]c4ncc(Cl)cc34)ncc2F)CCOCC1.[HH].[HH].[HH].[HH].[HH].[HH].[HH].[HH].[HH].[HH].[HH].[HH]. The average molecular weight is 1670 g/mol. The lowest BCUT2D eigenvalue weighted by Crippen LogP contribution is -2.57. The first-order valence-electron chi connectivity index (χ1n) is 35.3. The van der Waals surface area contributed by atoms with E-state index < -0.39 is 77.1 Å². The normalized spacial score (nSPS) is 14.5. The zero-order chi connectivity index (χ0) is 81.6. The highest BCUT2D eigenvalue weighted by Crippen LogP contribution is 2.35. The summed E-state index contributed by atoms with van der Waals surface area (Å²) in [5.41, 5.74) is 0.818. The zero-order valence-electron chi connectivity index (χ0n) is 61.2. The number of pyridine rings is 4. The summed E-state index contributed by atoms with van der Waals surface area (Å²) >= 11 is 18.1. The predicted octanol–water partition coefficient (Wildman–Crippen LogP) is 16.1. The molecule has 622 valence electrons. The van der Waals surface area contributed by atoms with E-state index in [0.29, 0.717) is 83.6 Å². The van der Waals surface area contributed by atoms with Gasteiger partial charge < -0.3 is 67.2 Å². The van der Waals surface area contributed by atoms with E-state index in [1.807, 2.05) is 51.3 Å². The molecule has 2 saturated carbocycles. The molecule has 0 radical (unpaired) electrons. The molecule has 3 fully saturated rings. The van der Waals surface area contributed by atoms with Gasteiger partial charge in [0.25, 0.3) is 0 Å². The first-order valence-corrected chi connectivity index (χ1v) is 36.4. The maximum atomic E-state index is 14.6. The topological polar surface area (TPSA) is 392 Å². The number of carbonyl (C=O) groups is 4. The van der Waals surface area contributed by atoms with Gasteiger partial charge in [0.15, 0.2) is 46.6 Å². The second kappa shape index (κ2) is 34.0. The average Bonchev–Trinajstić information content (AvgIpc) is 1.41. The van der Waals surface area contributed by atoms with Gasteiger partial charge in [-0.3, -0.25) is 19.2 Å². The van der Waals surface area contributed by atoms with E-state index in [0.717, 1.165) is 77.5 Å². The third-order valence-corrected chi connectivity index (χ3v) is 18.5. The van der Waals surface area contributed by atoms with Crippen LogP contribution in [0.2, 0.25) is 15.1 Å². The van der Waals surface area contributed by atoms with Crippen LogP contribution in [0.15, 0.2) is 111 Å². The van der Waals surface area contributed by atoms with Crippen molar-refractivity contribution in [2.75, 3.05) is 47.6 Å². The fraction of sp³-hybridized carbons (Fsp3) is 0.342. The molecular weight excluding hydrogens is 1570 g/mol. The highest BCUT2D eigenvalue weighted by Gasteiger charge is 2.43. The van der Waals surface area contributed by atoms with Crippen molar-refractivity contribution in [3.05, 3.63) is 143 Å². The van der Waals surface area contributed by atoms with Crippen LogP contribution in [-0.4, -0.2) is 177 Å². The minimum atomic E-state index is -4.59. The number of amides is 4. The summed E-state index contributed by atoms with van der Waals surface area (Å²) in [6.07, 6.45) is 12.5. The maximum Gasteiger partial charge on any atom is 0.405 e. The van der Waals surface area contributed by atoms with Gasteiger partial charge in [0.05, 0.1) is 33.7 Å². The van der Waals surface area contributed by atoms with Crippen LogP contribution in [0.5, 0.6) is 0 Å². The Labute approximate surface area is 674 Å². The minimum Gasteiger partial charge on any atom is -0.381 e. The fourth-order valence-electron chi connectivity index (χ4n) is 11.6. The number of aromatic amines is 4. The number of nitrogens with one attached hydrogen (secondary N) is 12. The molecule has 2 aliphatic carbocycles. The van der Waals surface area contributed by atoms with Gasteiger partial charge in [-0.2, -0.15) is 26.3 Å². The monoisotopic (exact) mass is 1660 g/mol. The number of alkyl halides is 6. The molecule has 41 heteroatoms. The van der Waals surface area contributed by atoms with Gasteiger partial charge >= 0.3 is 12.4 Å². The maximum absolute atomic E-state index is 14.6. The van der Waals surface area contributed by atoms with Crippen LogP contribution in [0.25, 0.3) is 89.7 Å². The van der Waals surface area contributed by atoms with Gasteiger partial charge in [0.2, 0.25) is 23.6 Å². The van der Waals surface area contributed by atoms with Gasteiger partial charge in [0, 0.05) is 155 Å². The van der Waals surface area contributed by atoms with E-state index in [1.165, 1.54) is 32.3 Å². The lowest BCUT2D eigenvalue weighted by molar-refractivity contribution is -0.142. The van der Waals surface area contributed by atoms with E-state index in [4.69, 9.17) is 39.5 Å². The lowest BCUT2D eigenvalue weighted by Gasteiger charge is -2.37. The molecule has 1 saturated heterocycles. The number of H-pyrrole nitrogens is 4. The molecule has 0 aromatic carbocycles. The van der Waals surface area contributed by atoms with E-state index in [1.54, 1.807) is 60.7 Å². The summed E-state index contributed by atoms with van der Waals surface area (Å²) in [7, 11) is 0. The molecule has 13 heterocycles. The molecule has 3 aliphatic rings. The molecule has 0 spiro atoms. The zero-order valence-corrected chi connectivity index (χ0v) is 63.5. The number of nitrogens with zero attached hydrogens (tertiary/aromatic N) is 12. The third kappa shape index (κ3) is 20.6. The smallest absolute Gasteiger partial charge is 0.381 e. The lowest BCUT2D eigenvalue weighted by atomic mass is 9.88. The Hall–Kier alpha value is -11.6. The summed E-state index contributed by atoms with van der Waals surface area (Å²) in [5, 5.41) is 25.4. The van der Waals surface area contributed by atoms with Crippen LogP contribution >= 0.6 is 34.8 Å². The number of halogens is 12. The summed E-state index contributed by atoms with van der Waals surface area (Å²) in [4.78, 5) is 112. The van der Waals surface area contributed by atoms with Gasteiger partial charge in [-0.15, -0.1) is 0 Å². The Morgan fingerprint density at radius 2 is 0.947 bits per heavy atom. The fourth-order valence-corrected chi connectivity index (χ4v) is 12.1. The molecular formula is C73H96Cl3F9N24O5. The molecule has 114 heavy (non-hydrogen) atoms. The molecule has 1 aliphatic heterocycles. The van der Waals surface area contributed by atoms with Crippen molar-refractivity contribution in [1.29, 1.82) is 0 Å². The molecule has 29 nitrogen and oxygen atoms in total. The van der Waals surface area contributed by atoms with Gasteiger partial charge in [0.1, 0.15) is 75.8 Å². The molecule has 12 aromatic heterocycles. The second-order valence-electron chi connectivity index (χ2n) is 28.1. The van der Waals surface area contributed by atoms with E-state index in [2.05, 4.69) is 112 Å². The van der Waals surface area contributed by atoms with Crippen molar-refractivity contribution in [2.45, 2.75) is 127 Å². The largest absolute Gasteiger partial charge is 0.405 e. The Morgan fingerprint density at radius 1 is 0.526 bits per heavy atom. The van der Waals surface area contributed by atoms with Crippen LogP contribution in [0.1, 0.15) is 97.2 Å².